The van der Waals surface area contributed by atoms with Gasteiger partial charge in [0.25, 0.3) is 0 Å². The van der Waals surface area contributed by atoms with Crippen molar-refractivity contribution in [1.82, 2.24) is 4.90 Å². The van der Waals surface area contributed by atoms with Crippen molar-refractivity contribution in [2.45, 2.75) is 18.8 Å². The van der Waals surface area contributed by atoms with Gasteiger partial charge < -0.3 is 4.90 Å². The molecule has 1 aliphatic rings. The van der Waals surface area contributed by atoms with Gasteiger partial charge >= 0.3 is 0 Å². The maximum absolute atomic E-state index is 12.2. The maximum atomic E-state index is 12.2. The standard InChI is InChI=1S/C18H19NOS/c20-18(7-6-15-4-2-1-3-5-15)19-11-8-16(9-12-19)17-10-13-21-14-17/h1-7,10,13-14,16H,8-9,11-12H2/b7-6+. The average molecular weight is 297 g/mol. The van der Waals surface area contributed by atoms with E-state index in [1.807, 2.05) is 41.3 Å². The van der Waals surface area contributed by atoms with Crippen LogP contribution in [0.4, 0.5) is 0 Å². The molecule has 2 nitrogen and oxygen atoms in total. The Bertz CT molecular complexity index is 595. The van der Waals surface area contributed by atoms with Crippen molar-refractivity contribution in [1.29, 1.82) is 0 Å². The first kappa shape index (κ1) is 14.1. The number of carbonyl (C=O) groups excluding carboxylic acids is 1. The van der Waals surface area contributed by atoms with E-state index in [0.717, 1.165) is 31.5 Å². The summed E-state index contributed by atoms with van der Waals surface area (Å²) in [7, 11) is 0. The molecule has 0 radical (unpaired) electrons. The minimum absolute atomic E-state index is 0.127. The molecule has 2 aromatic rings. The first-order valence-corrected chi connectivity index (χ1v) is 8.31. The predicted octanol–water partition coefficient (Wildman–Crippen LogP) is 4.17. The van der Waals surface area contributed by atoms with Crippen LogP contribution in [-0.4, -0.2) is 23.9 Å². The second kappa shape index (κ2) is 6.72. The topological polar surface area (TPSA) is 20.3 Å². The molecule has 0 unspecified atom stereocenters. The summed E-state index contributed by atoms with van der Waals surface area (Å²) in [4.78, 5) is 14.2. The third kappa shape index (κ3) is 3.61. The minimum Gasteiger partial charge on any atom is -0.339 e. The molecule has 1 amide bonds. The molecule has 1 aromatic heterocycles. The van der Waals surface area contributed by atoms with Gasteiger partial charge in [-0.05, 0) is 52.8 Å². The molecule has 21 heavy (non-hydrogen) atoms. The third-order valence-electron chi connectivity index (χ3n) is 4.04. The zero-order valence-electron chi connectivity index (χ0n) is 11.9. The molecule has 0 saturated carbocycles. The Morgan fingerprint density at radius 2 is 1.90 bits per heavy atom. The molecular weight excluding hydrogens is 278 g/mol. The van der Waals surface area contributed by atoms with Crippen LogP contribution in [0.25, 0.3) is 6.08 Å². The second-order valence-corrected chi connectivity index (χ2v) is 6.18. The van der Waals surface area contributed by atoms with E-state index in [0.29, 0.717) is 5.92 Å². The van der Waals surface area contributed by atoms with Crippen LogP contribution in [0.5, 0.6) is 0 Å². The van der Waals surface area contributed by atoms with Gasteiger partial charge in [-0.15, -0.1) is 0 Å². The Kier molecular flexibility index (Phi) is 4.51. The molecule has 0 N–H and O–H groups in total. The smallest absolute Gasteiger partial charge is 0.246 e. The van der Waals surface area contributed by atoms with Crippen molar-refractivity contribution in [3.8, 4) is 0 Å². The monoisotopic (exact) mass is 297 g/mol. The number of amides is 1. The molecule has 0 aliphatic carbocycles. The highest BCUT2D eigenvalue weighted by atomic mass is 32.1. The number of rotatable bonds is 3. The molecule has 0 bridgehead atoms. The Balaban J connectivity index is 1.54. The minimum atomic E-state index is 0.127. The Hall–Kier alpha value is -1.87. The average Bonchev–Trinajstić information content (AvgIpc) is 3.08. The number of nitrogens with zero attached hydrogens (tertiary/aromatic N) is 1. The fraction of sp³-hybridized carbons (Fsp3) is 0.278. The van der Waals surface area contributed by atoms with Crippen molar-refractivity contribution in [2.24, 2.45) is 0 Å². The van der Waals surface area contributed by atoms with E-state index in [2.05, 4.69) is 16.8 Å². The summed E-state index contributed by atoms with van der Waals surface area (Å²) in [6.07, 6.45) is 5.73. The van der Waals surface area contributed by atoms with E-state index < -0.39 is 0 Å². The fourth-order valence-electron chi connectivity index (χ4n) is 2.78. The maximum Gasteiger partial charge on any atom is 0.246 e. The van der Waals surface area contributed by atoms with Gasteiger partial charge in [0.2, 0.25) is 5.91 Å². The summed E-state index contributed by atoms with van der Waals surface area (Å²) in [5.41, 5.74) is 2.51. The summed E-state index contributed by atoms with van der Waals surface area (Å²) in [6.45, 7) is 1.72. The van der Waals surface area contributed by atoms with Crippen LogP contribution in [-0.2, 0) is 4.79 Å². The highest BCUT2D eigenvalue weighted by Crippen LogP contribution is 2.29. The fourth-order valence-corrected chi connectivity index (χ4v) is 3.52. The van der Waals surface area contributed by atoms with E-state index in [-0.39, 0.29) is 5.91 Å². The first-order valence-electron chi connectivity index (χ1n) is 7.37. The largest absolute Gasteiger partial charge is 0.339 e. The Labute approximate surface area is 129 Å². The summed E-state index contributed by atoms with van der Waals surface area (Å²) in [6, 6.07) is 12.2. The van der Waals surface area contributed by atoms with Crippen molar-refractivity contribution in [2.75, 3.05) is 13.1 Å². The highest BCUT2D eigenvalue weighted by Gasteiger charge is 2.22. The number of thiophene rings is 1. The van der Waals surface area contributed by atoms with Gasteiger partial charge in [0.15, 0.2) is 0 Å². The summed E-state index contributed by atoms with van der Waals surface area (Å²) in [5, 5.41) is 4.37. The Morgan fingerprint density at radius 1 is 1.14 bits per heavy atom. The van der Waals surface area contributed by atoms with Crippen LogP contribution < -0.4 is 0 Å². The van der Waals surface area contributed by atoms with E-state index in [1.165, 1.54) is 5.56 Å². The Morgan fingerprint density at radius 3 is 2.57 bits per heavy atom. The molecule has 1 aliphatic heterocycles. The van der Waals surface area contributed by atoms with Crippen LogP contribution in [0, 0.1) is 0 Å². The zero-order valence-corrected chi connectivity index (χ0v) is 12.8. The van der Waals surface area contributed by atoms with E-state index in [9.17, 15) is 4.79 Å². The van der Waals surface area contributed by atoms with Crippen molar-refractivity contribution in [3.63, 3.8) is 0 Å². The van der Waals surface area contributed by atoms with Gasteiger partial charge in [-0.3, -0.25) is 4.79 Å². The summed E-state index contributed by atoms with van der Waals surface area (Å²) < 4.78 is 0. The van der Waals surface area contributed by atoms with E-state index in [4.69, 9.17) is 0 Å². The van der Waals surface area contributed by atoms with Crippen molar-refractivity contribution < 1.29 is 4.79 Å². The van der Waals surface area contributed by atoms with Crippen LogP contribution in [0.2, 0.25) is 0 Å². The van der Waals surface area contributed by atoms with Gasteiger partial charge in [-0.25, -0.2) is 0 Å². The van der Waals surface area contributed by atoms with Crippen LogP contribution in [0.3, 0.4) is 0 Å². The SMILES string of the molecule is O=C(/C=C/c1ccccc1)N1CCC(c2ccsc2)CC1. The van der Waals surface area contributed by atoms with Crippen LogP contribution in [0.15, 0.2) is 53.2 Å². The van der Waals surface area contributed by atoms with Crippen molar-refractivity contribution in [3.05, 3.63) is 64.4 Å². The number of piperidine rings is 1. The molecule has 1 aromatic carbocycles. The lowest BCUT2D eigenvalue weighted by molar-refractivity contribution is -0.126. The lowest BCUT2D eigenvalue weighted by Gasteiger charge is -2.31. The molecular formula is C18H19NOS. The third-order valence-corrected chi connectivity index (χ3v) is 4.74. The lowest BCUT2D eigenvalue weighted by Crippen LogP contribution is -2.36. The van der Waals surface area contributed by atoms with Crippen molar-refractivity contribution >= 4 is 23.3 Å². The predicted molar refractivity (Wildman–Crippen MR) is 88.4 cm³/mol. The van der Waals surface area contributed by atoms with Gasteiger partial charge in [0.1, 0.15) is 0 Å². The summed E-state index contributed by atoms with van der Waals surface area (Å²) >= 11 is 1.75. The zero-order chi connectivity index (χ0) is 14.5. The number of carbonyl (C=O) groups is 1. The molecule has 108 valence electrons. The molecule has 3 rings (SSSR count). The van der Waals surface area contributed by atoms with Gasteiger partial charge in [0, 0.05) is 19.2 Å². The number of likely N-dealkylation sites (tertiary alicyclic amines) is 1. The summed E-state index contributed by atoms with van der Waals surface area (Å²) in [5.74, 6) is 0.751. The van der Waals surface area contributed by atoms with E-state index in [1.54, 1.807) is 17.4 Å². The van der Waals surface area contributed by atoms with Crippen LogP contribution in [0.1, 0.15) is 29.9 Å². The van der Waals surface area contributed by atoms with Gasteiger partial charge in [0.05, 0.1) is 0 Å². The highest BCUT2D eigenvalue weighted by molar-refractivity contribution is 7.07. The lowest BCUT2D eigenvalue weighted by atomic mass is 9.91. The first-order chi connectivity index (χ1) is 10.3. The quantitative estimate of drug-likeness (QED) is 0.779. The second-order valence-electron chi connectivity index (χ2n) is 5.40. The van der Waals surface area contributed by atoms with E-state index >= 15 is 0 Å². The van der Waals surface area contributed by atoms with Gasteiger partial charge in [-0.1, -0.05) is 30.3 Å². The molecule has 2 heterocycles. The molecule has 1 fully saturated rings. The molecule has 1 saturated heterocycles. The molecule has 0 spiro atoms. The molecule has 0 atom stereocenters. The number of hydrogen-bond acceptors (Lipinski definition) is 2. The number of benzene rings is 1. The molecule has 3 heteroatoms. The van der Waals surface area contributed by atoms with Gasteiger partial charge in [-0.2, -0.15) is 11.3 Å². The normalized spacial score (nSPS) is 16.5. The van der Waals surface area contributed by atoms with Crippen LogP contribution >= 0.6 is 11.3 Å². The number of hydrogen-bond donors (Lipinski definition) is 0.